The summed E-state index contributed by atoms with van der Waals surface area (Å²) in [6.45, 7) is 6.22. The molecule has 0 fully saturated rings. The summed E-state index contributed by atoms with van der Waals surface area (Å²) in [5.74, 6) is -2.79. The van der Waals surface area contributed by atoms with E-state index in [1.165, 1.54) is 29.2 Å². The van der Waals surface area contributed by atoms with E-state index in [0.717, 1.165) is 17.2 Å². The number of carbonyl (C=O) groups excluding carboxylic acids is 2. The number of aromatic nitrogens is 2. The first-order valence-electron chi connectivity index (χ1n) is 11.8. The van der Waals surface area contributed by atoms with Crippen LogP contribution in [-0.2, 0) is 4.79 Å². The van der Waals surface area contributed by atoms with E-state index in [9.17, 15) is 27.2 Å². The van der Waals surface area contributed by atoms with Gasteiger partial charge < -0.3 is 0 Å². The number of halogens is 4. The van der Waals surface area contributed by atoms with Crippen molar-refractivity contribution in [3.05, 3.63) is 82.3 Å². The van der Waals surface area contributed by atoms with Gasteiger partial charge in [-0.25, -0.2) is 9.07 Å². The number of anilines is 1. The zero-order valence-electron chi connectivity index (χ0n) is 21.4. The lowest BCUT2D eigenvalue weighted by atomic mass is 9.74. The van der Waals surface area contributed by atoms with Crippen molar-refractivity contribution in [3.63, 3.8) is 0 Å². The van der Waals surface area contributed by atoms with E-state index in [0.29, 0.717) is 22.4 Å². The van der Waals surface area contributed by atoms with Crippen LogP contribution in [0, 0.1) is 25.6 Å². The Labute approximate surface area is 233 Å². The predicted molar refractivity (Wildman–Crippen MR) is 148 cm³/mol. The van der Waals surface area contributed by atoms with Crippen LogP contribution in [0.25, 0.3) is 0 Å². The maximum atomic E-state index is 13.8. The molecule has 0 spiro atoms. The molecule has 1 amide bonds. The van der Waals surface area contributed by atoms with E-state index >= 15 is 0 Å². The summed E-state index contributed by atoms with van der Waals surface area (Å²) in [5, 5.41) is 4.21. The van der Waals surface area contributed by atoms with Gasteiger partial charge in [0.25, 0.3) is 0 Å². The summed E-state index contributed by atoms with van der Waals surface area (Å²) in [7, 11) is 0. The first-order valence-corrected chi connectivity index (χ1v) is 11.8. The second-order valence-corrected chi connectivity index (χ2v) is 9.20. The SMILES string of the molecule is CCN1C(=O)[C@@H](CC(=O)c2cccc(C)c2)[C@@H](c2ccc(F)cc2)c2c(C)nn(C(C)C(F)(F)F)c21.S.S. The summed E-state index contributed by atoms with van der Waals surface area (Å²) in [5.41, 5.74) is 2.65. The minimum absolute atomic E-state index is 0. The van der Waals surface area contributed by atoms with Gasteiger partial charge >= 0.3 is 6.18 Å². The quantitative estimate of drug-likeness (QED) is 0.256. The fraction of sp³-hybridized carbons (Fsp3) is 0.370. The van der Waals surface area contributed by atoms with E-state index < -0.39 is 35.8 Å². The highest BCUT2D eigenvalue weighted by Gasteiger charge is 2.48. The molecule has 38 heavy (non-hydrogen) atoms. The zero-order chi connectivity index (χ0) is 26.4. The van der Waals surface area contributed by atoms with Crippen molar-refractivity contribution in [2.75, 3.05) is 11.4 Å². The largest absolute Gasteiger partial charge is 0.410 e. The van der Waals surface area contributed by atoms with Crippen LogP contribution >= 0.6 is 27.0 Å². The molecule has 5 nitrogen and oxygen atoms in total. The van der Waals surface area contributed by atoms with Crippen LogP contribution in [-0.4, -0.2) is 34.2 Å². The zero-order valence-corrected chi connectivity index (χ0v) is 23.4. The number of ketones is 1. The number of hydrogen-bond donors (Lipinski definition) is 0. The molecule has 2 aromatic carbocycles. The number of alkyl halides is 3. The molecular weight excluding hydrogens is 538 g/mol. The summed E-state index contributed by atoms with van der Waals surface area (Å²) in [6, 6.07) is 10.5. The maximum Gasteiger partial charge on any atom is 0.410 e. The average molecular weight is 570 g/mol. The van der Waals surface area contributed by atoms with Crippen LogP contribution in [0.4, 0.5) is 23.4 Å². The van der Waals surface area contributed by atoms with Gasteiger partial charge in [0, 0.05) is 30.0 Å². The third-order valence-electron chi connectivity index (χ3n) is 6.79. The average Bonchev–Trinajstić information content (AvgIpc) is 3.15. The normalized spacial score (nSPS) is 17.8. The van der Waals surface area contributed by atoms with Gasteiger partial charge in [-0.05, 0) is 51.5 Å². The van der Waals surface area contributed by atoms with Crippen molar-refractivity contribution in [2.24, 2.45) is 5.92 Å². The van der Waals surface area contributed by atoms with Crippen molar-refractivity contribution in [1.29, 1.82) is 0 Å². The van der Waals surface area contributed by atoms with Crippen LogP contribution in [0.5, 0.6) is 0 Å². The number of carbonyl (C=O) groups is 2. The highest BCUT2D eigenvalue weighted by Crippen LogP contribution is 2.48. The summed E-state index contributed by atoms with van der Waals surface area (Å²) in [6.07, 6.45) is -4.74. The number of hydrogen-bond acceptors (Lipinski definition) is 3. The van der Waals surface area contributed by atoms with Gasteiger partial charge in [0.15, 0.2) is 5.78 Å². The number of aryl methyl sites for hydroxylation is 2. The molecule has 0 saturated heterocycles. The van der Waals surface area contributed by atoms with E-state index in [4.69, 9.17) is 0 Å². The smallest absolute Gasteiger partial charge is 0.297 e. The standard InChI is InChI=1S/C27H27F4N3O2.2H2S/c1-5-33-25-23(16(3)32-34(25)17(4)27(29,30)31)24(18-9-11-20(28)12-10-18)21(26(33)36)14-22(35)19-8-6-7-15(2)13-19;;/h6-13,17,21,24H,5,14H2,1-4H3;2*1H2/t17?,21-,24+;;/m0../s1. The molecule has 1 aromatic heterocycles. The van der Waals surface area contributed by atoms with Crippen LogP contribution in [0.1, 0.15) is 65.0 Å². The number of benzene rings is 2. The van der Waals surface area contributed by atoms with Crippen molar-refractivity contribution in [1.82, 2.24) is 9.78 Å². The molecule has 3 atom stereocenters. The second kappa shape index (κ2) is 11.9. The molecule has 0 bridgehead atoms. The molecular formula is C27H31F4N3O2S2. The lowest BCUT2D eigenvalue weighted by Gasteiger charge is -2.38. The molecule has 11 heteroatoms. The summed E-state index contributed by atoms with van der Waals surface area (Å²) in [4.78, 5) is 28.4. The molecule has 1 unspecified atom stereocenters. The summed E-state index contributed by atoms with van der Waals surface area (Å²) >= 11 is 0. The highest BCUT2D eigenvalue weighted by atomic mass is 32.1. The molecule has 1 aliphatic rings. The lowest BCUT2D eigenvalue weighted by molar-refractivity contribution is -0.165. The van der Waals surface area contributed by atoms with Crippen molar-refractivity contribution in [3.8, 4) is 0 Å². The van der Waals surface area contributed by atoms with Crippen LogP contribution in [0.15, 0.2) is 48.5 Å². The molecule has 206 valence electrons. The molecule has 3 aromatic rings. The van der Waals surface area contributed by atoms with Gasteiger partial charge in [-0.1, -0.05) is 35.9 Å². The maximum absolute atomic E-state index is 13.8. The van der Waals surface area contributed by atoms with Crippen LogP contribution in [0.2, 0.25) is 0 Å². The Morgan fingerprint density at radius 2 is 1.71 bits per heavy atom. The minimum Gasteiger partial charge on any atom is -0.297 e. The first-order chi connectivity index (χ1) is 16.9. The van der Waals surface area contributed by atoms with Crippen LogP contribution in [0.3, 0.4) is 0 Å². The molecule has 0 aliphatic carbocycles. The van der Waals surface area contributed by atoms with Gasteiger partial charge in [-0.3, -0.25) is 14.5 Å². The van der Waals surface area contributed by atoms with E-state index in [1.54, 1.807) is 32.0 Å². The van der Waals surface area contributed by atoms with E-state index in [1.807, 2.05) is 13.0 Å². The lowest BCUT2D eigenvalue weighted by Crippen LogP contribution is -2.46. The second-order valence-electron chi connectivity index (χ2n) is 9.20. The third kappa shape index (κ3) is 5.78. The van der Waals surface area contributed by atoms with Crippen molar-refractivity contribution < 1.29 is 27.2 Å². The van der Waals surface area contributed by atoms with Gasteiger partial charge in [0.1, 0.15) is 17.7 Å². The minimum atomic E-state index is -4.59. The fourth-order valence-electron chi connectivity index (χ4n) is 4.95. The van der Waals surface area contributed by atoms with Gasteiger partial charge in [-0.15, -0.1) is 0 Å². The van der Waals surface area contributed by atoms with E-state index in [2.05, 4.69) is 5.10 Å². The molecule has 0 saturated carbocycles. The predicted octanol–water partition coefficient (Wildman–Crippen LogP) is 6.38. The Morgan fingerprint density at radius 3 is 2.26 bits per heavy atom. The van der Waals surface area contributed by atoms with Gasteiger partial charge in [0.05, 0.1) is 11.6 Å². The Hall–Kier alpha value is -2.79. The highest BCUT2D eigenvalue weighted by molar-refractivity contribution is 7.59. The summed E-state index contributed by atoms with van der Waals surface area (Å²) < 4.78 is 55.8. The van der Waals surface area contributed by atoms with Gasteiger partial charge in [0.2, 0.25) is 5.91 Å². The Bertz CT molecular complexity index is 1310. The molecule has 0 N–H and O–H groups in total. The first kappa shape index (κ1) is 31.4. The topological polar surface area (TPSA) is 55.2 Å². The number of rotatable bonds is 6. The van der Waals surface area contributed by atoms with Crippen molar-refractivity contribution >= 4 is 44.5 Å². The molecule has 4 rings (SSSR count). The molecule has 2 heterocycles. The number of amides is 1. The van der Waals surface area contributed by atoms with Crippen molar-refractivity contribution in [2.45, 2.75) is 52.3 Å². The molecule has 1 aliphatic heterocycles. The Balaban J connectivity index is 0.00000253. The number of nitrogens with zero attached hydrogens (tertiary/aromatic N) is 3. The molecule has 0 radical (unpaired) electrons. The third-order valence-corrected chi connectivity index (χ3v) is 6.79. The van der Waals surface area contributed by atoms with Crippen LogP contribution < -0.4 is 4.90 Å². The van der Waals surface area contributed by atoms with Gasteiger partial charge in [-0.2, -0.15) is 45.3 Å². The Kier molecular flexibility index (Phi) is 9.88. The van der Waals surface area contributed by atoms with E-state index in [-0.39, 0.29) is 51.6 Å². The fourth-order valence-corrected chi connectivity index (χ4v) is 4.95. The number of fused-ring (bicyclic) bond motifs is 1. The Morgan fingerprint density at radius 1 is 1.08 bits per heavy atom. The monoisotopic (exact) mass is 569 g/mol. The number of Topliss-reactive ketones (excluding diaryl/α,β-unsaturated/α-hetero) is 1.